The van der Waals surface area contributed by atoms with Crippen LogP contribution in [0.3, 0.4) is 0 Å². The summed E-state index contributed by atoms with van der Waals surface area (Å²) in [5, 5.41) is 7.05. The third-order valence-electron chi connectivity index (χ3n) is 3.86. The average Bonchev–Trinajstić information content (AvgIpc) is 3.20. The molecule has 0 aromatic carbocycles. The highest BCUT2D eigenvalue weighted by atomic mass is 32.1. The number of nitrogen functional groups attached to an aromatic ring is 1. The first kappa shape index (κ1) is 16.1. The Labute approximate surface area is 130 Å². The lowest BCUT2D eigenvalue weighted by Gasteiger charge is -2.14. The highest BCUT2D eigenvalue weighted by Crippen LogP contribution is 2.30. The Kier molecular flexibility index (Phi) is 5.85. The van der Waals surface area contributed by atoms with Crippen LogP contribution in [-0.4, -0.2) is 23.5 Å². The van der Waals surface area contributed by atoms with Crippen LogP contribution in [0.5, 0.6) is 0 Å². The number of nitrogens with two attached hydrogens (primary N) is 1. The highest BCUT2D eigenvalue weighted by Gasteiger charge is 2.24. The zero-order chi connectivity index (χ0) is 15.2. The van der Waals surface area contributed by atoms with Gasteiger partial charge in [-0.1, -0.05) is 44.4 Å². The summed E-state index contributed by atoms with van der Waals surface area (Å²) in [5.74, 6) is 0.790. The molecule has 1 saturated carbocycles. The van der Waals surface area contributed by atoms with Gasteiger partial charge < -0.3 is 16.4 Å². The zero-order valence-corrected chi connectivity index (χ0v) is 13.8. The van der Waals surface area contributed by atoms with Gasteiger partial charge in [-0.25, -0.2) is 4.98 Å². The maximum Gasteiger partial charge on any atom is 0.265 e. The zero-order valence-electron chi connectivity index (χ0n) is 12.9. The summed E-state index contributed by atoms with van der Waals surface area (Å²) in [6.45, 7) is 5.08. The van der Waals surface area contributed by atoms with E-state index in [1.54, 1.807) is 0 Å². The fourth-order valence-corrected chi connectivity index (χ4v) is 3.10. The van der Waals surface area contributed by atoms with Crippen LogP contribution < -0.4 is 16.4 Å². The van der Waals surface area contributed by atoms with Crippen molar-refractivity contribution in [3.63, 3.8) is 0 Å². The molecule has 6 heteroatoms. The molecule has 1 aliphatic rings. The summed E-state index contributed by atoms with van der Waals surface area (Å²) in [6.07, 6.45) is 7.02. The van der Waals surface area contributed by atoms with Gasteiger partial charge in [-0.2, -0.15) is 0 Å². The van der Waals surface area contributed by atoms with Gasteiger partial charge in [0.1, 0.15) is 10.7 Å². The fraction of sp³-hybridized carbons (Fsp3) is 0.733. The van der Waals surface area contributed by atoms with Crippen molar-refractivity contribution in [2.75, 3.05) is 17.6 Å². The predicted octanol–water partition coefficient (Wildman–Crippen LogP) is 3.25. The molecule has 0 radical (unpaired) electrons. The monoisotopic (exact) mass is 310 g/mol. The number of anilines is 2. The number of thiazole rings is 1. The Morgan fingerprint density at radius 2 is 2.24 bits per heavy atom. The van der Waals surface area contributed by atoms with E-state index < -0.39 is 0 Å². The van der Waals surface area contributed by atoms with Crippen molar-refractivity contribution in [1.29, 1.82) is 0 Å². The van der Waals surface area contributed by atoms with Gasteiger partial charge in [0.05, 0.1) is 0 Å². The van der Waals surface area contributed by atoms with Gasteiger partial charge in [-0.3, -0.25) is 4.79 Å². The van der Waals surface area contributed by atoms with Crippen LogP contribution in [-0.2, 0) is 0 Å². The van der Waals surface area contributed by atoms with Gasteiger partial charge in [0.25, 0.3) is 5.91 Å². The molecule has 1 heterocycles. The lowest BCUT2D eigenvalue weighted by atomic mass is 9.99. The number of hydrogen-bond acceptors (Lipinski definition) is 5. The second-order valence-electron chi connectivity index (χ2n) is 5.78. The summed E-state index contributed by atoms with van der Waals surface area (Å²) in [6, 6.07) is 0.518. The topological polar surface area (TPSA) is 80.0 Å². The minimum absolute atomic E-state index is 0.0937. The van der Waals surface area contributed by atoms with Crippen molar-refractivity contribution >= 4 is 28.2 Å². The third-order valence-corrected chi connectivity index (χ3v) is 4.86. The summed E-state index contributed by atoms with van der Waals surface area (Å²) in [5.41, 5.74) is 5.86. The molecule has 1 aromatic rings. The summed E-state index contributed by atoms with van der Waals surface area (Å²) in [7, 11) is 0. The maximum atomic E-state index is 12.2. The second kappa shape index (κ2) is 7.64. The van der Waals surface area contributed by atoms with Crippen LogP contribution in [0.2, 0.25) is 0 Å². The summed E-state index contributed by atoms with van der Waals surface area (Å²) < 4.78 is 0. The molecule has 118 valence electrons. The van der Waals surface area contributed by atoms with Crippen molar-refractivity contribution in [2.24, 2.45) is 5.92 Å². The molecular weight excluding hydrogens is 284 g/mol. The molecule has 1 atom stereocenters. The number of carbonyl (C=O) groups is 1. The minimum atomic E-state index is -0.0937. The van der Waals surface area contributed by atoms with Gasteiger partial charge in [0, 0.05) is 12.6 Å². The lowest BCUT2D eigenvalue weighted by Crippen LogP contribution is -2.29. The molecule has 0 saturated heterocycles. The second-order valence-corrected chi connectivity index (χ2v) is 6.78. The number of carbonyl (C=O) groups excluding carboxylic acids is 1. The first-order valence-electron chi connectivity index (χ1n) is 7.95. The standard InChI is InChI=1S/C15H26N4OS/c1-3-5-6-10(4-2)9-17-14(20)12-13(16)19-15(21-12)18-11-7-8-11/h10-11H,3-9,16H2,1-2H3,(H,17,20)(H,18,19). The number of unbranched alkanes of at least 4 members (excludes halogenated alkanes) is 1. The largest absolute Gasteiger partial charge is 0.382 e. The lowest BCUT2D eigenvalue weighted by molar-refractivity contribution is 0.0950. The Morgan fingerprint density at radius 1 is 1.48 bits per heavy atom. The molecule has 1 fully saturated rings. The van der Waals surface area contributed by atoms with Crippen molar-refractivity contribution < 1.29 is 4.79 Å². The van der Waals surface area contributed by atoms with Crippen molar-refractivity contribution in [3.05, 3.63) is 4.88 Å². The first-order valence-corrected chi connectivity index (χ1v) is 8.76. The molecule has 1 aromatic heterocycles. The number of rotatable bonds is 9. The van der Waals surface area contributed by atoms with E-state index in [-0.39, 0.29) is 5.91 Å². The number of nitrogens with one attached hydrogen (secondary N) is 2. The molecule has 0 bridgehead atoms. The molecular formula is C15H26N4OS. The van der Waals surface area contributed by atoms with Crippen LogP contribution in [0.4, 0.5) is 10.9 Å². The van der Waals surface area contributed by atoms with E-state index >= 15 is 0 Å². The number of amides is 1. The van der Waals surface area contributed by atoms with Crippen LogP contribution in [0.1, 0.15) is 62.0 Å². The summed E-state index contributed by atoms with van der Waals surface area (Å²) in [4.78, 5) is 17.0. The molecule has 0 spiro atoms. The van der Waals surface area contributed by atoms with Crippen LogP contribution in [0.25, 0.3) is 0 Å². The van der Waals surface area contributed by atoms with E-state index in [0.29, 0.717) is 22.7 Å². The molecule has 21 heavy (non-hydrogen) atoms. The fourth-order valence-electron chi connectivity index (χ4n) is 2.22. The van der Waals surface area contributed by atoms with E-state index in [1.165, 1.54) is 43.4 Å². The van der Waals surface area contributed by atoms with Crippen LogP contribution in [0.15, 0.2) is 0 Å². The van der Waals surface area contributed by atoms with Crippen molar-refractivity contribution in [3.8, 4) is 0 Å². The third kappa shape index (κ3) is 4.88. The van der Waals surface area contributed by atoms with Gasteiger partial charge in [0.2, 0.25) is 0 Å². The van der Waals surface area contributed by atoms with E-state index in [1.807, 2.05) is 0 Å². The predicted molar refractivity (Wildman–Crippen MR) is 88.8 cm³/mol. The Morgan fingerprint density at radius 3 is 2.86 bits per heavy atom. The van der Waals surface area contributed by atoms with E-state index in [2.05, 4.69) is 29.5 Å². The quantitative estimate of drug-likeness (QED) is 0.654. The molecule has 1 amide bonds. The normalized spacial score (nSPS) is 15.7. The van der Waals surface area contributed by atoms with Gasteiger partial charge in [-0.05, 0) is 25.2 Å². The van der Waals surface area contributed by atoms with E-state index in [0.717, 1.165) is 18.1 Å². The summed E-state index contributed by atoms with van der Waals surface area (Å²) >= 11 is 1.35. The van der Waals surface area contributed by atoms with Crippen molar-refractivity contribution in [1.82, 2.24) is 10.3 Å². The number of hydrogen-bond donors (Lipinski definition) is 3. The first-order chi connectivity index (χ1) is 10.1. The van der Waals surface area contributed by atoms with Gasteiger partial charge in [0.15, 0.2) is 5.13 Å². The van der Waals surface area contributed by atoms with Crippen LogP contribution >= 0.6 is 11.3 Å². The van der Waals surface area contributed by atoms with Gasteiger partial charge in [-0.15, -0.1) is 0 Å². The van der Waals surface area contributed by atoms with Crippen molar-refractivity contribution in [2.45, 2.75) is 58.4 Å². The molecule has 1 unspecified atom stereocenters. The Balaban J connectivity index is 1.85. The molecule has 5 nitrogen and oxygen atoms in total. The number of nitrogens with zero attached hydrogens (tertiary/aromatic N) is 1. The van der Waals surface area contributed by atoms with E-state index in [9.17, 15) is 4.79 Å². The molecule has 1 aliphatic carbocycles. The smallest absolute Gasteiger partial charge is 0.265 e. The highest BCUT2D eigenvalue weighted by molar-refractivity contribution is 7.18. The Bertz CT molecular complexity index is 470. The van der Waals surface area contributed by atoms with E-state index in [4.69, 9.17) is 5.73 Å². The minimum Gasteiger partial charge on any atom is -0.382 e. The molecule has 2 rings (SSSR count). The van der Waals surface area contributed by atoms with Gasteiger partial charge >= 0.3 is 0 Å². The molecule has 0 aliphatic heterocycles. The Hall–Kier alpha value is -1.30. The SMILES string of the molecule is CCCCC(CC)CNC(=O)c1sc(NC2CC2)nc1N. The molecule has 4 N–H and O–H groups in total. The van der Waals surface area contributed by atoms with Crippen LogP contribution in [0, 0.1) is 5.92 Å². The number of aromatic nitrogens is 1. The average molecular weight is 310 g/mol. The maximum absolute atomic E-state index is 12.2.